The topological polar surface area (TPSA) is 26.3 Å². The van der Waals surface area contributed by atoms with Gasteiger partial charge in [-0.25, -0.2) is 0 Å². The molecule has 0 saturated carbocycles. The third-order valence-corrected chi connectivity index (χ3v) is 7.42. The van der Waals surface area contributed by atoms with Crippen LogP contribution in [0.15, 0.2) is 0 Å². The zero-order chi connectivity index (χ0) is 11.0. The summed E-state index contributed by atoms with van der Waals surface area (Å²) in [6.45, 7) is 10.1. The van der Waals surface area contributed by atoms with Gasteiger partial charge in [0.25, 0.3) is 14.3 Å². The summed E-state index contributed by atoms with van der Waals surface area (Å²) in [5.74, 6) is -0.00846. The first-order valence-electron chi connectivity index (χ1n) is 5.65. The van der Waals surface area contributed by atoms with Gasteiger partial charge in [0.1, 0.15) is 0 Å². The lowest BCUT2D eigenvalue weighted by atomic mass is 10.3. The van der Waals surface area contributed by atoms with Crippen molar-refractivity contribution >= 4 is 14.3 Å². The number of carbonyl (C=O) groups is 1. The highest BCUT2D eigenvalue weighted by atomic mass is 28.4. The molecule has 3 heteroatoms. The summed E-state index contributed by atoms with van der Waals surface area (Å²) < 4.78 is 5.66. The summed E-state index contributed by atoms with van der Waals surface area (Å²) in [6, 6.07) is 3.11. The molecule has 0 unspecified atom stereocenters. The minimum absolute atomic E-state index is 0.00846. The van der Waals surface area contributed by atoms with Crippen LogP contribution in [0.25, 0.3) is 0 Å². The molecule has 2 nitrogen and oxygen atoms in total. The van der Waals surface area contributed by atoms with Crippen LogP contribution in [0.3, 0.4) is 0 Å². The van der Waals surface area contributed by atoms with Crippen molar-refractivity contribution in [3.63, 3.8) is 0 Å². The van der Waals surface area contributed by atoms with Crippen molar-refractivity contribution in [1.82, 2.24) is 0 Å². The molecule has 0 aromatic heterocycles. The molecule has 0 aromatic carbocycles. The molecule has 0 aliphatic heterocycles. The maximum Gasteiger partial charge on any atom is 0.292 e. The van der Waals surface area contributed by atoms with Crippen molar-refractivity contribution < 1.29 is 9.22 Å². The molecule has 0 aromatic rings. The minimum atomic E-state index is -1.70. The van der Waals surface area contributed by atoms with Crippen molar-refractivity contribution in [3.8, 4) is 0 Å². The molecule has 14 heavy (non-hydrogen) atoms. The summed E-state index contributed by atoms with van der Waals surface area (Å²) in [5, 5.41) is 0. The lowest BCUT2D eigenvalue weighted by molar-refractivity contribution is -0.135. The van der Waals surface area contributed by atoms with Crippen molar-refractivity contribution in [1.29, 1.82) is 0 Å². The van der Waals surface area contributed by atoms with Crippen LogP contribution >= 0.6 is 0 Å². The van der Waals surface area contributed by atoms with Crippen LogP contribution in [0, 0.1) is 6.92 Å². The Balaban J connectivity index is 4.08. The van der Waals surface area contributed by atoms with Crippen molar-refractivity contribution in [2.24, 2.45) is 0 Å². The van der Waals surface area contributed by atoms with Gasteiger partial charge in [0.2, 0.25) is 0 Å². The van der Waals surface area contributed by atoms with Gasteiger partial charge in [0, 0.05) is 6.42 Å². The molecule has 0 rings (SSSR count). The SMILES string of the molecule is [CH2]CCCC(=O)O[Si](CC)(CC)CC. The van der Waals surface area contributed by atoms with Crippen molar-refractivity contribution in [2.45, 2.75) is 58.2 Å². The predicted molar refractivity (Wildman–Crippen MR) is 62.5 cm³/mol. The molecule has 1 radical (unpaired) electrons. The second kappa shape index (κ2) is 7.04. The highest BCUT2D eigenvalue weighted by molar-refractivity contribution is 6.74. The fraction of sp³-hybridized carbons (Fsp3) is 0.818. The Labute approximate surface area is 89.2 Å². The second-order valence-electron chi connectivity index (χ2n) is 3.67. The number of hydrogen-bond donors (Lipinski definition) is 0. The van der Waals surface area contributed by atoms with Gasteiger partial charge >= 0.3 is 0 Å². The van der Waals surface area contributed by atoms with E-state index in [1.54, 1.807) is 0 Å². The van der Waals surface area contributed by atoms with E-state index < -0.39 is 8.32 Å². The first-order chi connectivity index (χ1) is 6.64. The monoisotopic (exact) mass is 215 g/mol. The standard InChI is InChI=1S/C11H23O2Si/c1-5-9-10-11(12)13-14(6-2,7-3)8-4/h1,5-10H2,2-4H3. The molecule has 0 aliphatic rings. The third-order valence-electron chi connectivity index (χ3n) is 2.89. The fourth-order valence-corrected chi connectivity index (χ4v) is 4.05. The average molecular weight is 215 g/mol. The summed E-state index contributed by atoms with van der Waals surface area (Å²) in [5.41, 5.74) is 0. The minimum Gasteiger partial charge on any atom is -0.519 e. The lowest BCUT2D eigenvalue weighted by Gasteiger charge is -2.27. The molecule has 0 spiro atoms. The molecule has 0 saturated heterocycles. The highest BCUT2D eigenvalue weighted by Gasteiger charge is 2.32. The molecular formula is C11H23O2Si. The Hall–Kier alpha value is -0.313. The van der Waals surface area contributed by atoms with E-state index in [9.17, 15) is 4.79 Å². The molecule has 0 fully saturated rings. The van der Waals surface area contributed by atoms with Crippen molar-refractivity contribution in [2.75, 3.05) is 0 Å². The van der Waals surface area contributed by atoms with Crippen molar-refractivity contribution in [3.05, 3.63) is 6.92 Å². The summed E-state index contributed by atoms with van der Waals surface area (Å²) in [6.07, 6.45) is 2.20. The Bertz CT molecular complexity index is 156. The van der Waals surface area contributed by atoms with Crippen LogP contribution in [0.4, 0.5) is 0 Å². The van der Waals surface area contributed by atoms with E-state index in [4.69, 9.17) is 4.43 Å². The summed E-state index contributed by atoms with van der Waals surface area (Å²) >= 11 is 0. The first-order valence-corrected chi connectivity index (χ1v) is 8.18. The van der Waals surface area contributed by atoms with E-state index in [2.05, 4.69) is 27.7 Å². The number of carbonyl (C=O) groups excluding carboxylic acids is 1. The molecular weight excluding hydrogens is 192 g/mol. The first kappa shape index (κ1) is 13.7. The van der Waals surface area contributed by atoms with Gasteiger partial charge < -0.3 is 4.43 Å². The normalized spacial score (nSPS) is 11.4. The highest BCUT2D eigenvalue weighted by Crippen LogP contribution is 2.22. The zero-order valence-electron chi connectivity index (χ0n) is 9.77. The van der Waals surface area contributed by atoms with Crippen LogP contribution in [0.1, 0.15) is 40.0 Å². The smallest absolute Gasteiger partial charge is 0.292 e. The number of rotatable bonds is 7. The molecule has 0 bridgehead atoms. The van der Waals surface area contributed by atoms with Gasteiger partial charge in [-0.1, -0.05) is 34.1 Å². The zero-order valence-corrected chi connectivity index (χ0v) is 10.8. The maximum atomic E-state index is 11.5. The van der Waals surface area contributed by atoms with Crippen LogP contribution < -0.4 is 0 Å². The predicted octanol–water partition coefficient (Wildman–Crippen LogP) is 3.54. The summed E-state index contributed by atoms with van der Waals surface area (Å²) in [7, 11) is -1.70. The van der Waals surface area contributed by atoms with E-state index in [1.165, 1.54) is 0 Å². The Morgan fingerprint density at radius 1 is 1.21 bits per heavy atom. The number of unbranched alkanes of at least 4 members (excludes halogenated alkanes) is 1. The molecule has 83 valence electrons. The van der Waals surface area contributed by atoms with Gasteiger partial charge in [-0.2, -0.15) is 0 Å². The molecule has 0 amide bonds. The quantitative estimate of drug-likeness (QED) is 0.607. The fourth-order valence-electron chi connectivity index (χ4n) is 1.53. The second-order valence-corrected chi connectivity index (χ2v) is 8.37. The molecule has 0 atom stereocenters. The van der Waals surface area contributed by atoms with Gasteiger partial charge in [-0.3, -0.25) is 4.79 Å². The van der Waals surface area contributed by atoms with Crippen LogP contribution in [0.5, 0.6) is 0 Å². The Morgan fingerprint density at radius 2 is 1.71 bits per heavy atom. The largest absolute Gasteiger partial charge is 0.519 e. The van der Waals surface area contributed by atoms with E-state index in [0.29, 0.717) is 6.42 Å². The van der Waals surface area contributed by atoms with Gasteiger partial charge in [0.05, 0.1) is 0 Å². The lowest BCUT2D eigenvalue weighted by Crippen LogP contribution is -2.38. The van der Waals surface area contributed by atoms with Crippen LogP contribution in [-0.2, 0) is 9.22 Å². The maximum absolute atomic E-state index is 11.5. The van der Waals surface area contributed by atoms with Gasteiger partial charge in [-0.15, -0.1) is 0 Å². The van der Waals surface area contributed by atoms with Crippen LogP contribution in [0.2, 0.25) is 18.1 Å². The van der Waals surface area contributed by atoms with E-state index in [0.717, 1.165) is 31.0 Å². The number of hydrogen-bond acceptors (Lipinski definition) is 2. The van der Waals surface area contributed by atoms with Gasteiger partial charge in [0.15, 0.2) is 0 Å². The van der Waals surface area contributed by atoms with E-state index >= 15 is 0 Å². The van der Waals surface area contributed by atoms with Gasteiger partial charge in [-0.05, 0) is 24.6 Å². The third kappa shape index (κ3) is 4.27. The Morgan fingerprint density at radius 3 is 2.07 bits per heavy atom. The average Bonchev–Trinajstić information content (AvgIpc) is 2.23. The Kier molecular flexibility index (Phi) is 6.88. The van der Waals surface area contributed by atoms with E-state index in [1.807, 2.05) is 0 Å². The van der Waals surface area contributed by atoms with E-state index in [-0.39, 0.29) is 5.97 Å². The molecule has 0 N–H and O–H groups in total. The molecule has 0 aliphatic carbocycles. The molecule has 0 heterocycles. The van der Waals surface area contributed by atoms with Crippen LogP contribution in [-0.4, -0.2) is 14.3 Å². The summed E-state index contributed by atoms with van der Waals surface area (Å²) in [4.78, 5) is 11.5.